The van der Waals surface area contributed by atoms with Crippen LogP contribution in [0.3, 0.4) is 0 Å². The van der Waals surface area contributed by atoms with Gasteiger partial charge in [-0.25, -0.2) is 14.2 Å². The van der Waals surface area contributed by atoms with Crippen LogP contribution in [-0.2, 0) is 4.79 Å². The number of nitrogens with zero attached hydrogens (tertiary/aromatic N) is 2. The number of carbonyl (C=O) groups is 2. The van der Waals surface area contributed by atoms with Gasteiger partial charge in [0, 0.05) is 28.2 Å². The van der Waals surface area contributed by atoms with E-state index in [1.54, 1.807) is 36.4 Å². The Morgan fingerprint density at radius 2 is 1.83 bits per heavy atom. The first kappa shape index (κ1) is 28.5. The maximum atomic E-state index is 14.9. The summed E-state index contributed by atoms with van der Waals surface area (Å²) in [5, 5.41) is 11.8. The van der Waals surface area contributed by atoms with E-state index in [2.05, 4.69) is 26.2 Å². The highest BCUT2D eigenvalue weighted by Gasteiger charge is 2.41. The smallest absolute Gasteiger partial charge is 0.325 e. The molecule has 3 N–H and O–H groups in total. The number of benzene rings is 3. The van der Waals surface area contributed by atoms with Gasteiger partial charge in [0.1, 0.15) is 30.0 Å². The second kappa shape index (κ2) is 12.2. The van der Waals surface area contributed by atoms with Crippen LogP contribution in [0.25, 0.3) is 11.3 Å². The quantitative estimate of drug-likeness (QED) is 0.193. The summed E-state index contributed by atoms with van der Waals surface area (Å²) in [5.41, 5.74) is 3.17. The summed E-state index contributed by atoms with van der Waals surface area (Å²) in [6.45, 7) is 3.99. The zero-order chi connectivity index (χ0) is 29.1. The summed E-state index contributed by atoms with van der Waals surface area (Å²) in [6.07, 6.45) is 0. The van der Waals surface area contributed by atoms with Crippen LogP contribution in [0, 0.1) is 12.7 Å². The second-order valence-electron chi connectivity index (χ2n) is 10.00. The minimum absolute atomic E-state index is 0.0735. The zero-order valence-corrected chi connectivity index (χ0v) is 24.2. The number of aromatic amines is 1. The van der Waals surface area contributed by atoms with Crippen molar-refractivity contribution in [2.75, 3.05) is 19.8 Å². The molecule has 3 amide bonds. The van der Waals surface area contributed by atoms with Crippen molar-refractivity contribution in [1.29, 1.82) is 0 Å². The number of carbonyl (C=O) groups excluding carboxylic acids is 2. The number of imide groups is 1. The van der Waals surface area contributed by atoms with Crippen LogP contribution in [0.1, 0.15) is 47.4 Å². The van der Waals surface area contributed by atoms with E-state index in [1.165, 1.54) is 11.0 Å². The molecule has 0 radical (unpaired) electrons. The fourth-order valence-corrected chi connectivity index (χ4v) is 5.44. The van der Waals surface area contributed by atoms with Crippen molar-refractivity contribution >= 4 is 27.9 Å². The highest BCUT2D eigenvalue weighted by Crippen LogP contribution is 2.36. The Bertz CT molecular complexity index is 1540. The van der Waals surface area contributed by atoms with Crippen LogP contribution in [0.2, 0.25) is 0 Å². The molecule has 3 atom stereocenters. The van der Waals surface area contributed by atoms with Crippen molar-refractivity contribution < 1.29 is 23.8 Å². The average Bonchev–Trinajstić information content (AvgIpc) is 3.49. The van der Waals surface area contributed by atoms with Gasteiger partial charge >= 0.3 is 6.03 Å². The zero-order valence-electron chi connectivity index (χ0n) is 22.6. The lowest BCUT2D eigenvalue weighted by Crippen LogP contribution is -2.36. The van der Waals surface area contributed by atoms with E-state index in [0.717, 1.165) is 5.56 Å². The van der Waals surface area contributed by atoms with Crippen LogP contribution in [0.4, 0.5) is 9.18 Å². The average molecular weight is 622 g/mol. The molecule has 1 aliphatic rings. The number of amides is 3. The third kappa shape index (κ3) is 6.03. The van der Waals surface area contributed by atoms with Gasteiger partial charge in [0.15, 0.2) is 0 Å². The fraction of sp³-hybridized carbons (Fsp3) is 0.258. The molecule has 0 aliphatic carbocycles. The molecule has 1 saturated heterocycles. The number of aliphatic hydroxyl groups excluding tert-OH is 1. The second-order valence-corrected chi connectivity index (χ2v) is 10.9. The van der Waals surface area contributed by atoms with Crippen molar-refractivity contribution in [3.63, 3.8) is 0 Å². The van der Waals surface area contributed by atoms with E-state index >= 15 is 0 Å². The van der Waals surface area contributed by atoms with E-state index in [4.69, 9.17) is 14.8 Å². The van der Waals surface area contributed by atoms with E-state index in [-0.39, 0.29) is 31.6 Å². The first-order valence-corrected chi connectivity index (χ1v) is 14.1. The molecule has 3 aromatic carbocycles. The number of hydrogen-bond acceptors (Lipinski definition) is 5. The lowest BCUT2D eigenvalue weighted by atomic mass is 9.86. The monoisotopic (exact) mass is 620 g/mol. The fourth-order valence-electron chi connectivity index (χ4n) is 5.11. The number of ether oxygens (including phenoxy) is 1. The molecule has 1 fully saturated rings. The molecule has 41 heavy (non-hydrogen) atoms. The number of imidazole rings is 1. The van der Waals surface area contributed by atoms with Crippen molar-refractivity contribution in [1.82, 2.24) is 20.2 Å². The Balaban J connectivity index is 1.45. The molecular weight excluding hydrogens is 591 g/mol. The van der Waals surface area contributed by atoms with Crippen LogP contribution in [-0.4, -0.2) is 51.7 Å². The number of aryl methyl sites for hydroxylation is 1. The Hall–Kier alpha value is -4.02. The Morgan fingerprint density at radius 3 is 2.51 bits per heavy atom. The lowest BCUT2D eigenvalue weighted by molar-refractivity contribution is -0.127. The third-order valence-corrected chi connectivity index (χ3v) is 7.84. The van der Waals surface area contributed by atoms with Gasteiger partial charge in [-0.05, 0) is 54.3 Å². The highest BCUT2D eigenvalue weighted by molar-refractivity contribution is 9.10. The van der Waals surface area contributed by atoms with Gasteiger partial charge in [-0.1, -0.05) is 65.3 Å². The topological polar surface area (TPSA) is 108 Å². The first-order valence-electron chi connectivity index (χ1n) is 13.3. The molecule has 4 aromatic rings. The number of rotatable bonds is 10. The van der Waals surface area contributed by atoms with Gasteiger partial charge in [0.2, 0.25) is 0 Å². The van der Waals surface area contributed by atoms with Crippen LogP contribution < -0.4 is 10.1 Å². The largest absolute Gasteiger partial charge is 0.491 e. The Morgan fingerprint density at radius 1 is 1.10 bits per heavy atom. The number of nitrogens with one attached hydrogen (secondary N) is 2. The molecule has 1 aromatic heterocycles. The van der Waals surface area contributed by atoms with Gasteiger partial charge in [0.25, 0.3) is 5.91 Å². The van der Waals surface area contributed by atoms with Crippen molar-refractivity contribution in [2.45, 2.75) is 31.7 Å². The molecule has 10 heteroatoms. The number of halogens is 2. The Kier molecular flexibility index (Phi) is 8.51. The van der Waals surface area contributed by atoms with Gasteiger partial charge in [0.05, 0.1) is 12.3 Å². The van der Waals surface area contributed by atoms with Crippen LogP contribution in [0.15, 0.2) is 77.3 Å². The molecule has 0 saturated carbocycles. The molecule has 212 valence electrons. The SMILES string of the molecule is Cc1[nH]c(C(CN2C(=O)N[C@H](c3ccc(OCCO)cc3)C2=O)[C@@H](C)c2ccccc2)nc1-c1ccc(Br)cc1F. The normalized spacial score (nSPS) is 16.5. The predicted molar refractivity (Wildman–Crippen MR) is 156 cm³/mol. The molecule has 5 rings (SSSR count). The summed E-state index contributed by atoms with van der Waals surface area (Å²) in [6, 6.07) is 20.1. The molecular formula is C31H30BrFN4O4. The van der Waals surface area contributed by atoms with Gasteiger partial charge < -0.3 is 20.1 Å². The summed E-state index contributed by atoms with van der Waals surface area (Å²) in [5.74, 6) is -0.187. The van der Waals surface area contributed by atoms with Crippen molar-refractivity contribution in [3.05, 3.63) is 106 Å². The van der Waals surface area contributed by atoms with Gasteiger partial charge in [-0.2, -0.15) is 0 Å². The number of aromatic nitrogens is 2. The maximum absolute atomic E-state index is 14.9. The van der Waals surface area contributed by atoms with E-state index < -0.39 is 23.8 Å². The van der Waals surface area contributed by atoms with E-state index in [1.807, 2.05) is 44.2 Å². The number of hydrogen-bond donors (Lipinski definition) is 3. The maximum Gasteiger partial charge on any atom is 0.325 e. The molecule has 0 bridgehead atoms. The van der Waals surface area contributed by atoms with E-state index in [0.29, 0.717) is 38.6 Å². The van der Waals surface area contributed by atoms with Gasteiger partial charge in [-0.3, -0.25) is 9.69 Å². The molecule has 2 heterocycles. The molecule has 1 aliphatic heterocycles. The minimum atomic E-state index is -0.840. The predicted octanol–water partition coefficient (Wildman–Crippen LogP) is 5.84. The molecule has 8 nitrogen and oxygen atoms in total. The summed E-state index contributed by atoms with van der Waals surface area (Å²) in [4.78, 5) is 36.0. The Labute approximate surface area is 245 Å². The first-order chi connectivity index (χ1) is 19.8. The van der Waals surface area contributed by atoms with Crippen LogP contribution in [0.5, 0.6) is 5.75 Å². The van der Waals surface area contributed by atoms with E-state index in [9.17, 15) is 14.0 Å². The summed E-state index contributed by atoms with van der Waals surface area (Å²) >= 11 is 3.30. The third-order valence-electron chi connectivity index (χ3n) is 7.35. The number of urea groups is 1. The minimum Gasteiger partial charge on any atom is -0.491 e. The standard InChI is InChI=1S/C31H30BrFN4O4/c1-18(20-6-4-3-5-7-20)25(29-34-19(2)27(35-29)24-13-10-22(32)16-26(24)33)17-37-30(39)28(36-31(37)40)21-8-11-23(12-9-21)41-15-14-38/h3-13,16,18,25,28,38H,14-15,17H2,1-2H3,(H,34,35)(H,36,40)/t18-,25?,28+/m0/s1. The highest BCUT2D eigenvalue weighted by atomic mass is 79.9. The van der Waals surface area contributed by atoms with Crippen molar-refractivity contribution in [2.24, 2.45) is 0 Å². The summed E-state index contributed by atoms with van der Waals surface area (Å²) < 4.78 is 20.9. The summed E-state index contributed by atoms with van der Waals surface area (Å²) in [7, 11) is 0. The van der Waals surface area contributed by atoms with Crippen molar-refractivity contribution in [3.8, 4) is 17.0 Å². The van der Waals surface area contributed by atoms with Gasteiger partial charge in [-0.15, -0.1) is 0 Å². The number of aliphatic hydroxyl groups is 1. The molecule has 0 spiro atoms. The number of H-pyrrole nitrogens is 1. The molecule has 1 unspecified atom stereocenters. The van der Waals surface area contributed by atoms with Crippen LogP contribution >= 0.6 is 15.9 Å². The lowest BCUT2D eigenvalue weighted by Gasteiger charge is -2.26.